The topological polar surface area (TPSA) is 81.1 Å². The van der Waals surface area contributed by atoms with Gasteiger partial charge in [-0.05, 0) is 79.5 Å². The number of hydrogen-bond donors (Lipinski definition) is 2. The van der Waals surface area contributed by atoms with E-state index in [0.717, 1.165) is 28.2 Å². The lowest BCUT2D eigenvalue weighted by Gasteiger charge is -2.11. The number of nitrogens with one attached hydrogen (secondary N) is 2. The Labute approximate surface area is 182 Å². The van der Waals surface area contributed by atoms with Gasteiger partial charge in [-0.3, -0.25) is 10.1 Å². The summed E-state index contributed by atoms with van der Waals surface area (Å²) in [5, 5.41) is 17.0. The maximum atomic E-state index is 12.2. The molecule has 0 spiro atoms. The lowest BCUT2D eigenvalue weighted by atomic mass is 10.2. The Morgan fingerprint density at radius 2 is 1.90 bits per heavy atom. The van der Waals surface area contributed by atoms with E-state index in [4.69, 9.17) is 17.0 Å². The Morgan fingerprint density at radius 1 is 1.17 bits per heavy atom. The lowest BCUT2D eigenvalue weighted by molar-refractivity contribution is 0.0981. The van der Waals surface area contributed by atoms with Crippen molar-refractivity contribution in [2.24, 2.45) is 0 Å². The van der Waals surface area contributed by atoms with E-state index in [0.29, 0.717) is 17.0 Å². The van der Waals surface area contributed by atoms with Crippen LogP contribution in [0.5, 0.6) is 5.75 Å². The molecule has 30 heavy (non-hydrogen) atoms. The fourth-order valence-corrected chi connectivity index (χ4v) is 3.71. The van der Waals surface area contributed by atoms with Crippen molar-refractivity contribution in [1.29, 1.82) is 0 Å². The zero-order valence-corrected chi connectivity index (χ0v) is 18.0. The normalized spacial score (nSPS) is 10.7. The molecule has 0 bridgehead atoms. The van der Waals surface area contributed by atoms with Gasteiger partial charge in [-0.1, -0.05) is 6.07 Å². The van der Waals surface area contributed by atoms with Crippen LogP contribution in [0.15, 0.2) is 53.9 Å². The zero-order valence-electron chi connectivity index (χ0n) is 16.4. The van der Waals surface area contributed by atoms with Gasteiger partial charge in [0.05, 0.1) is 17.2 Å². The predicted octanol–water partition coefficient (Wildman–Crippen LogP) is 4.32. The van der Waals surface area contributed by atoms with E-state index in [2.05, 4.69) is 20.8 Å². The van der Waals surface area contributed by atoms with Gasteiger partial charge < -0.3 is 10.1 Å². The first-order chi connectivity index (χ1) is 14.5. The second-order valence-corrected chi connectivity index (χ2v) is 7.81. The average Bonchev–Trinajstić information content (AvgIpc) is 3.39. The lowest BCUT2D eigenvalue weighted by Crippen LogP contribution is -2.33. The molecule has 0 atom stereocenters. The number of benzene rings is 2. The summed E-state index contributed by atoms with van der Waals surface area (Å²) < 4.78 is 5.48. The quantitative estimate of drug-likeness (QED) is 0.453. The van der Waals surface area contributed by atoms with Crippen LogP contribution >= 0.6 is 23.6 Å². The first kappa shape index (κ1) is 20.0. The Kier molecular flexibility index (Phi) is 5.73. The van der Waals surface area contributed by atoms with Gasteiger partial charge in [0.2, 0.25) is 0 Å². The minimum Gasteiger partial charge on any atom is -0.494 e. The summed E-state index contributed by atoms with van der Waals surface area (Å²) >= 11 is 6.65. The smallest absolute Gasteiger partial charge is 0.267 e. The molecule has 0 fully saturated rings. The number of nitrogens with zero attached hydrogens (tertiary/aromatic N) is 3. The zero-order chi connectivity index (χ0) is 21.1. The van der Waals surface area contributed by atoms with Crippen LogP contribution in [-0.2, 0) is 0 Å². The number of thiophene rings is 1. The molecule has 2 N–H and O–H groups in total. The van der Waals surface area contributed by atoms with Crippen molar-refractivity contribution < 1.29 is 9.53 Å². The minimum absolute atomic E-state index is 0.231. The summed E-state index contributed by atoms with van der Waals surface area (Å²) in [6.07, 6.45) is 0. The highest BCUT2D eigenvalue weighted by molar-refractivity contribution is 7.80. The summed E-state index contributed by atoms with van der Waals surface area (Å²) in [6.45, 7) is 4.51. The van der Waals surface area contributed by atoms with E-state index >= 15 is 0 Å². The summed E-state index contributed by atoms with van der Waals surface area (Å²) in [4.78, 5) is 14.4. The van der Waals surface area contributed by atoms with Crippen molar-refractivity contribution in [3.05, 3.63) is 64.4 Å². The van der Waals surface area contributed by atoms with Crippen molar-refractivity contribution >= 4 is 51.3 Å². The van der Waals surface area contributed by atoms with Gasteiger partial charge in [0.15, 0.2) is 5.11 Å². The van der Waals surface area contributed by atoms with Gasteiger partial charge in [-0.25, -0.2) is 0 Å². The Bertz CT molecular complexity index is 1200. The van der Waals surface area contributed by atoms with Gasteiger partial charge in [0.1, 0.15) is 16.8 Å². The molecular formula is C21H19N5O2S2. The standard InChI is InChI=1S/C21H19N5O2S2/c1-3-28-15-8-6-14(7-9-15)26-24-17-11-13(2)16(12-18(17)25-26)22-21(29)23-20(27)19-5-4-10-30-19/h4-12H,3H2,1-2H3,(H2,22,23,27,29). The first-order valence-corrected chi connectivity index (χ1v) is 10.6. The molecule has 0 aliphatic carbocycles. The predicted molar refractivity (Wildman–Crippen MR) is 123 cm³/mol. The number of carbonyl (C=O) groups is 1. The van der Waals surface area contributed by atoms with Gasteiger partial charge in [0, 0.05) is 5.69 Å². The van der Waals surface area contributed by atoms with Crippen LogP contribution in [0.1, 0.15) is 22.2 Å². The highest BCUT2D eigenvalue weighted by Crippen LogP contribution is 2.23. The summed E-state index contributed by atoms with van der Waals surface area (Å²) in [7, 11) is 0. The third kappa shape index (κ3) is 4.32. The Hall–Kier alpha value is -3.30. The summed E-state index contributed by atoms with van der Waals surface area (Å²) in [6, 6.07) is 15.0. The number of hydrogen-bond acceptors (Lipinski definition) is 6. The molecule has 0 saturated carbocycles. The number of amides is 1. The molecule has 0 saturated heterocycles. The number of carbonyl (C=O) groups excluding carboxylic acids is 1. The molecule has 0 aliphatic heterocycles. The molecule has 1 amide bonds. The van der Waals surface area contributed by atoms with Crippen molar-refractivity contribution in [3.63, 3.8) is 0 Å². The molecule has 0 unspecified atom stereocenters. The van der Waals surface area contributed by atoms with Crippen molar-refractivity contribution in [1.82, 2.24) is 20.3 Å². The van der Waals surface area contributed by atoms with Crippen molar-refractivity contribution in [2.45, 2.75) is 13.8 Å². The highest BCUT2D eigenvalue weighted by Gasteiger charge is 2.12. The molecular weight excluding hydrogens is 418 g/mol. The van der Waals surface area contributed by atoms with Gasteiger partial charge >= 0.3 is 0 Å². The molecule has 7 nitrogen and oxygen atoms in total. The molecule has 4 aromatic rings. The monoisotopic (exact) mass is 437 g/mol. The third-order valence-electron chi connectivity index (χ3n) is 4.33. The van der Waals surface area contributed by atoms with Crippen LogP contribution in [0.25, 0.3) is 16.7 Å². The van der Waals surface area contributed by atoms with E-state index in [1.807, 2.05) is 61.7 Å². The maximum absolute atomic E-state index is 12.2. The number of anilines is 1. The van der Waals surface area contributed by atoms with E-state index < -0.39 is 0 Å². The van der Waals surface area contributed by atoms with Crippen LogP contribution < -0.4 is 15.4 Å². The van der Waals surface area contributed by atoms with Crippen LogP contribution in [0.4, 0.5) is 5.69 Å². The molecule has 0 radical (unpaired) electrons. The van der Waals surface area contributed by atoms with E-state index in [9.17, 15) is 4.79 Å². The van der Waals surface area contributed by atoms with Gasteiger partial charge in [-0.15, -0.1) is 21.5 Å². The minimum atomic E-state index is -0.234. The molecule has 4 rings (SSSR count). The third-order valence-corrected chi connectivity index (χ3v) is 5.40. The molecule has 2 aromatic heterocycles. The fraction of sp³-hybridized carbons (Fsp3) is 0.143. The van der Waals surface area contributed by atoms with E-state index in [1.165, 1.54) is 11.3 Å². The molecule has 2 aromatic carbocycles. The van der Waals surface area contributed by atoms with Crippen LogP contribution in [0.3, 0.4) is 0 Å². The number of aryl methyl sites for hydroxylation is 1. The van der Waals surface area contributed by atoms with Crippen molar-refractivity contribution in [3.8, 4) is 11.4 Å². The van der Waals surface area contributed by atoms with Crippen LogP contribution in [-0.4, -0.2) is 32.6 Å². The number of fused-ring (bicyclic) bond motifs is 1. The number of ether oxygens (including phenoxy) is 1. The number of rotatable bonds is 5. The van der Waals surface area contributed by atoms with Crippen LogP contribution in [0, 0.1) is 6.92 Å². The molecule has 0 aliphatic rings. The largest absolute Gasteiger partial charge is 0.494 e. The first-order valence-electron chi connectivity index (χ1n) is 9.30. The van der Waals surface area contributed by atoms with Gasteiger partial charge in [0.25, 0.3) is 5.91 Å². The Balaban J connectivity index is 1.53. The number of aromatic nitrogens is 3. The highest BCUT2D eigenvalue weighted by atomic mass is 32.1. The Morgan fingerprint density at radius 3 is 2.57 bits per heavy atom. The average molecular weight is 438 g/mol. The SMILES string of the molecule is CCOc1ccc(-n2nc3cc(C)c(NC(=S)NC(=O)c4cccs4)cc3n2)cc1. The fourth-order valence-electron chi connectivity index (χ4n) is 2.89. The van der Waals surface area contributed by atoms with E-state index in [1.54, 1.807) is 10.9 Å². The van der Waals surface area contributed by atoms with Crippen molar-refractivity contribution in [2.75, 3.05) is 11.9 Å². The molecule has 9 heteroatoms. The molecule has 2 heterocycles. The second kappa shape index (κ2) is 8.60. The van der Waals surface area contributed by atoms with Gasteiger partial charge in [-0.2, -0.15) is 4.80 Å². The van der Waals surface area contributed by atoms with Crippen LogP contribution in [0.2, 0.25) is 0 Å². The summed E-state index contributed by atoms with van der Waals surface area (Å²) in [5.41, 5.74) is 4.01. The number of thiocarbonyl (C=S) groups is 1. The maximum Gasteiger partial charge on any atom is 0.267 e. The second-order valence-electron chi connectivity index (χ2n) is 6.46. The van der Waals surface area contributed by atoms with E-state index in [-0.39, 0.29) is 11.0 Å². The summed E-state index contributed by atoms with van der Waals surface area (Å²) in [5.74, 6) is 0.570. The molecule has 152 valence electrons.